The average Bonchev–Trinajstić information content (AvgIpc) is 1.88. The van der Waals surface area contributed by atoms with Crippen LogP contribution in [0.4, 0.5) is 0 Å². The van der Waals surface area contributed by atoms with Crippen molar-refractivity contribution in [2.75, 3.05) is 130 Å². The number of morpholine rings is 1. The molecule has 0 aromatic carbocycles. The molecule has 1 N–H and O–H groups in total. The van der Waals surface area contributed by atoms with Gasteiger partial charge in [0.05, 0.1) is 41.8 Å². The van der Waals surface area contributed by atoms with Crippen LogP contribution >= 0.6 is 21.8 Å². The van der Waals surface area contributed by atoms with Crippen LogP contribution in [0.15, 0.2) is 48.5 Å². The standard InChI is InChI=1S/C10H21NS.C10H21N.C10H22O.C9H19N2.C9H19NO.2C8H12N2.C7H11NS.C6H14O.C6H14.12C2H6.2CH4.2CH3.Re.Rf.Rh/c1-10(2,3)9-11-5-7-12(4)8-6-11;1-10(2,3)9-11-7-5-4-6-8-11;1-9(2,3)7-6-8-10(4,5)11;1-9(2,3)8-11-6-4-10-5-7-11;1-9(2,3)8-10-4-6-11-7-5-10;1-8(2,3)7-6-9-4-5-10-7;1-8(2,3)7-5-4-6-9-10-7;1-7(2,3)6-8-4-5-9-6;1-6(2,3)5-7-4;1-5-6(2,3)4;12*1-2;;;;;;;/h4-9H2,1-3H3;4-9H2,1-3H3;11H,6-8H2,1-5H3;2*4-8H2,1-3H3;2*4-6H,1-3H3;4-5H,1-3H3;5H2,1-4H3;5H2,1-4H3;12*1-2H3;2*1H4;2*1H3;;;/q;;;-1;;;;;;;;;;;;;;;;;;;;;2*-1;;;. The number of hydrogen-bond acceptors (Lipinski definition) is 13. The van der Waals surface area contributed by atoms with E-state index in [2.05, 4.69) is 271 Å². The van der Waals surface area contributed by atoms with Crippen molar-refractivity contribution in [3.63, 3.8) is 0 Å². The maximum absolute atomic E-state index is 9.41. The third-order valence-corrected chi connectivity index (χ3v) is 17.7. The Morgan fingerprint density at radius 2 is 0.767 bits per heavy atom. The Hall–Kier alpha value is -2.02. The van der Waals surface area contributed by atoms with E-state index in [9.17, 15) is 5.11 Å². The number of thiazole rings is 1. The number of aliphatic hydroxyl groups is 1. The molecule has 7 rings (SSSR count). The molecule has 796 valence electrons. The van der Waals surface area contributed by atoms with Gasteiger partial charge in [0.25, 0.3) is 0 Å². The van der Waals surface area contributed by atoms with Crippen molar-refractivity contribution in [3.05, 3.63) is 85.1 Å². The van der Waals surface area contributed by atoms with Crippen LogP contribution < -0.4 is 0 Å². The van der Waals surface area contributed by atoms with E-state index in [0.29, 0.717) is 48.4 Å². The quantitative estimate of drug-likeness (QED) is 0.131. The number of piperazine rings is 1. The van der Waals surface area contributed by atoms with E-state index in [1.165, 1.54) is 101 Å². The molecule has 0 bridgehead atoms. The van der Waals surface area contributed by atoms with Crippen LogP contribution in [-0.2, 0) is 65.6 Å². The van der Waals surface area contributed by atoms with E-state index in [1.54, 1.807) is 43.2 Å². The first-order valence-electron chi connectivity index (χ1n) is 49.6. The summed E-state index contributed by atoms with van der Waals surface area (Å²) in [5, 5.41) is 24.8. The topological polar surface area (TPSA) is 130 Å². The van der Waals surface area contributed by atoms with Crippen LogP contribution in [0.2, 0.25) is 0 Å². The first-order valence-corrected chi connectivity index (χ1v) is 52.2. The summed E-state index contributed by atoms with van der Waals surface area (Å²) < 4.78 is 10.2. The summed E-state index contributed by atoms with van der Waals surface area (Å²) in [7, 11) is 2.20. The molecule has 3 aromatic rings. The van der Waals surface area contributed by atoms with Gasteiger partial charge in [0.1, 0.15) is 0 Å². The van der Waals surface area contributed by atoms with Gasteiger partial charge >= 0.3 is 0 Å². The summed E-state index contributed by atoms with van der Waals surface area (Å²) >= 11 is 1.72. The van der Waals surface area contributed by atoms with Gasteiger partial charge in [-0.05, 0) is 116 Å². The van der Waals surface area contributed by atoms with Gasteiger partial charge < -0.3 is 49.5 Å². The third kappa shape index (κ3) is 166. The Morgan fingerprint density at radius 1 is 0.434 bits per heavy atom. The van der Waals surface area contributed by atoms with Crippen LogP contribution in [0.3, 0.4) is 0 Å². The fourth-order valence-corrected chi connectivity index (χ4v) is 11.7. The van der Waals surface area contributed by atoms with Crippen molar-refractivity contribution in [1.82, 2.24) is 44.7 Å². The molecule has 0 saturated carbocycles. The second-order valence-electron chi connectivity index (χ2n) is 39.6. The van der Waals surface area contributed by atoms with E-state index in [0.717, 1.165) is 83.3 Å². The van der Waals surface area contributed by atoms with Gasteiger partial charge in [0, 0.05) is 163 Å². The van der Waals surface area contributed by atoms with E-state index >= 15 is 0 Å². The van der Waals surface area contributed by atoms with Crippen LogP contribution in [0.25, 0.3) is 5.32 Å². The molecule has 13 nitrogen and oxygen atoms in total. The second-order valence-corrected chi connectivity index (χ2v) is 42.6. The zero-order valence-corrected chi connectivity index (χ0v) is 111. The normalized spacial score (nSPS) is 13.3. The largest absolute Gasteiger partial charge is 0.660 e. The number of methoxy groups -OCH3 is 1. The zero-order valence-electron chi connectivity index (χ0n) is 98.7. The Kier molecular flexibility index (Phi) is 163. The molecule has 0 aliphatic carbocycles. The zero-order chi connectivity index (χ0) is 101. The summed E-state index contributed by atoms with van der Waals surface area (Å²) in [5.41, 5.74) is 5.15. The maximum atomic E-state index is 9.41. The van der Waals surface area contributed by atoms with Gasteiger partial charge in [-0.25, -0.2) is 4.98 Å². The van der Waals surface area contributed by atoms with Crippen LogP contribution in [-0.4, -0.2) is 191 Å². The first kappa shape index (κ1) is 183. The smallest absolute Gasteiger partial charge is 0.0978 e. The van der Waals surface area contributed by atoms with Gasteiger partial charge in [-0.2, -0.15) is 20.7 Å². The fraction of sp³-hybridized carbons (Fsp3) is 0.874. The molecular formula is C111H251N10O3ReRfRhS2-3. The predicted octanol–water partition coefficient (Wildman–Crippen LogP) is 35.2. The summed E-state index contributed by atoms with van der Waals surface area (Å²) in [5.74, 6) is 6.76. The number of ether oxygens (including phenoxy) is 2. The number of likely N-dealkylation sites (tertiary alicyclic amines) is 1. The maximum Gasteiger partial charge on any atom is 0.0978 e. The molecule has 7 heterocycles. The van der Waals surface area contributed by atoms with E-state index in [1.807, 2.05) is 204 Å². The Bertz CT molecular complexity index is 2220. The molecule has 0 atom stereocenters. The van der Waals surface area contributed by atoms with Crippen molar-refractivity contribution in [2.45, 2.75) is 476 Å². The van der Waals surface area contributed by atoms with Crippen LogP contribution in [0.1, 0.15) is 471 Å². The van der Waals surface area contributed by atoms with Gasteiger partial charge in [-0.3, -0.25) is 14.9 Å². The Labute approximate surface area is 849 Å². The second kappa shape index (κ2) is 115. The molecule has 4 saturated heterocycles. The van der Waals surface area contributed by atoms with Gasteiger partial charge in [0.2, 0.25) is 0 Å². The molecule has 129 heavy (non-hydrogen) atoms. The fourth-order valence-electron chi connectivity index (χ4n) is 9.72. The third-order valence-electron chi connectivity index (χ3n) is 15.0. The van der Waals surface area contributed by atoms with Crippen molar-refractivity contribution in [1.29, 1.82) is 0 Å². The number of rotatable bonds is 8. The summed E-state index contributed by atoms with van der Waals surface area (Å²) in [6.45, 7) is 140. The number of hydrogen-bond donors (Lipinski definition) is 1. The molecule has 2 radical (unpaired) electrons. The predicted molar refractivity (Wildman–Crippen MR) is 601 cm³/mol. The number of aromatic nitrogens is 5. The first-order chi connectivity index (χ1) is 56.4. The van der Waals surface area contributed by atoms with Gasteiger partial charge in [0.15, 0.2) is 0 Å². The van der Waals surface area contributed by atoms with E-state index in [-0.39, 0.29) is 85.9 Å². The average molecular weight is 2390 g/mol. The minimum atomic E-state index is -0.481. The summed E-state index contributed by atoms with van der Waals surface area (Å²) in [4.78, 5) is 22.5. The molecule has 0 amide bonds. The molecule has 4 fully saturated rings. The Morgan fingerprint density at radius 3 is 0.984 bits per heavy atom. The molecule has 18 heteroatoms. The van der Waals surface area contributed by atoms with Crippen molar-refractivity contribution in [3.8, 4) is 0 Å². The SMILES string of the molecule is C.C.C=S1CCN(CC(C)(C)C)CC1.CC.CC.CC.CC.CC.CC.CC.CC.CC.CC.CC.CC.CC(C)(C)CCCC(C)(C)O.CC(C)(C)CN1CCCCC1.CC(C)(C)CN1CCOCC1.CC(C)(C)CN1CC[N-]CC1.CC(C)(C)c1cccnn1.CC(C)(C)c1cnccn1.CC(C)(C)c1nccs1.CCC(C)(C)C.COCC(C)(C)C.[CH3-].[CH3-].[Re].[Rf].[Rh]. The monoisotopic (exact) mass is 2390 g/mol. The molecule has 4 aliphatic heterocycles. The minimum absolute atomic E-state index is 0. The summed E-state index contributed by atoms with van der Waals surface area (Å²) in [6.07, 6.45) is 17.5. The number of nitrogens with zero attached hydrogens (tertiary/aromatic N) is 10. The van der Waals surface area contributed by atoms with Crippen molar-refractivity contribution < 1.29 is 54.5 Å². The van der Waals surface area contributed by atoms with Gasteiger partial charge in [-0.15, -0.1) is 24.4 Å². The van der Waals surface area contributed by atoms with E-state index < -0.39 is 5.60 Å². The van der Waals surface area contributed by atoms with Gasteiger partial charge in [-0.1, -0.05) is 421 Å². The molecule has 3 aromatic heterocycles. The molecule has 0 unspecified atom stereocenters. The van der Waals surface area contributed by atoms with E-state index in [4.69, 9.17) is 9.47 Å². The Balaban J connectivity index is -0.0000000478. The number of piperidine rings is 1. The summed E-state index contributed by atoms with van der Waals surface area (Å²) in [6, 6.07) is 3.90. The van der Waals surface area contributed by atoms with Crippen molar-refractivity contribution >= 4 is 27.7 Å². The molecular weight excluding hydrogens is 2140 g/mol. The van der Waals surface area contributed by atoms with Crippen molar-refractivity contribution in [2.24, 2.45) is 37.9 Å². The van der Waals surface area contributed by atoms with Crippen LogP contribution in [0, 0.1) is 52.8 Å². The van der Waals surface area contributed by atoms with Crippen LogP contribution in [0.5, 0.6) is 0 Å². The minimum Gasteiger partial charge on any atom is -0.660 e. The molecule has 4 aliphatic rings. The molecule has 0 spiro atoms.